The van der Waals surface area contributed by atoms with Crippen molar-refractivity contribution >= 4 is 33.6 Å². The number of hydrogen-bond acceptors (Lipinski definition) is 6. The number of ether oxygens (including phenoxy) is 2. The fourth-order valence-electron chi connectivity index (χ4n) is 2.75. The summed E-state index contributed by atoms with van der Waals surface area (Å²) >= 11 is 4.87. The SMILES string of the molecule is COC(=O)C(CCC=S)N(Cc1ccccc1)S(=O)(=O)c1ccc(OC)cc1. The molecule has 0 aliphatic carbocycles. The second kappa shape index (κ2) is 10.3. The first-order chi connectivity index (χ1) is 13.4. The Morgan fingerprint density at radius 2 is 1.75 bits per heavy atom. The van der Waals surface area contributed by atoms with Crippen LogP contribution in [0.2, 0.25) is 0 Å². The molecule has 0 aliphatic rings. The lowest BCUT2D eigenvalue weighted by molar-refractivity contribution is -0.145. The summed E-state index contributed by atoms with van der Waals surface area (Å²) < 4.78 is 38.0. The highest BCUT2D eigenvalue weighted by molar-refractivity contribution is 7.89. The summed E-state index contributed by atoms with van der Waals surface area (Å²) in [5.41, 5.74) is 0.760. The molecular weight excluding hydrogens is 398 g/mol. The average Bonchev–Trinajstić information content (AvgIpc) is 2.73. The molecule has 0 saturated heterocycles. The number of nitrogens with zero attached hydrogens (tertiary/aromatic N) is 1. The largest absolute Gasteiger partial charge is 0.497 e. The standard InChI is InChI=1S/C20H23NO5S2/c1-25-17-10-12-18(13-11-17)28(23,24)21(15-16-7-4-3-5-8-16)19(9-6-14-27)20(22)26-2/h3-5,7-8,10-14,19H,6,9,15H2,1-2H3. The third-order valence-electron chi connectivity index (χ3n) is 4.23. The van der Waals surface area contributed by atoms with Gasteiger partial charge in [-0.05, 0) is 48.0 Å². The molecule has 0 saturated carbocycles. The molecule has 28 heavy (non-hydrogen) atoms. The van der Waals surface area contributed by atoms with Gasteiger partial charge in [0, 0.05) is 6.54 Å². The summed E-state index contributed by atoms with van der Waals surface area (Å²) in [5.74, 6) is -0.0800. The lowest BCUT2D eigenvalue weighted by Gasteiger charge is -2.29. The maximum absolute atomic E-state index is 13.4. The van der Waals surface area contributed by atoms with Gasteiger partial charge in [0.05, 0.1) is 19.1 Å². The molecule has 0 heterocycles. The third kappa shape index (κ3) is 5.37. The molecule has 0 spiro atoms. The number of methoxy groups -OCH3 is 2. The third-order valence-corrected chi connectivity index (χ3v) is 6.33. The number of carbonyl (C=O) groups excluding carboxylic acids is 1. The van der Waals surface area contributed by atoms with Gasteiger partial charge in [0.1, 0.15) is 11.8 Å². The Morgan fingerprint density at radius 1 is 1.11 bits per heavy atom. The van der Waals surface area contributed by atoms with E-state index in [-0.39, 0.29) is 17.9 Å². The molecule has 0 bridgehead atoms. The quantitative estimate of drug-likeness (QED) is 0.433. The number of carbonyl (C=O) groups is 1. The zero-order chi connectivity index (χ0) is 20.6. The second-order valence-corrected chi connectivity index (χ2v) is 8.22. The van der Waals surface area contributed by atoms with Crippen LogP contribution in [0, 0.1) is 0 Å². The van der Waals surface area contributed by atoms with Gasteiger partial charge in [-0.3, -0.25) is 4.79 Å². The maximum Gasteiger partial charge on any atom is 0.324 e. The molecule has 0 radical (unpaired) electrons. The number of benzene rings is 2. The molecule has 0 N–H and O–H groups in total. The summed E-state index contributed by atoms with van der Waals surface area (Å²) in [5, 5.41) is 1.48. The van der Waals surface area contributed by atoms with E-state index in [0.717, 1.165) is 5.56 Å². The van der Waals surface area contributed by atoms with Gasteiger partial charge in [0.2, 0.25) is 10.0 Å². The van der Waals surface area contributed by atoms with Crippen LogP contribution in [-0.4, -0.2) is 44.3 Å². The molecule has 2 aromatic carbocycles. The fraction of sp³-hybridized carbons (Fsp3) is 0.300. The minimum Gasteiger partial charge on any atom is -0.497 e. The Hall–Kier alpha value is -2.29. The van der Waals surface area contributed by atoms with Crippen LogP contribution < -0.4 is 4.74 Å². The van der Waals surface area contributed by atoms with Gasteiger partial charge >= 0.3 is 5.97 Å². The average molecular weight is 422 g/mol. The van der Waals surface area contributed by atoms with E-state index >= 15 is 0 Å². The number of esters is 1. The van der Waals surface area contributed by atoms with Crippen molar-refractivity contribution in [2.75, 3.05) is 14.2 Å². The molecule has 1 unspecified atom stereocenters. The molecule has 6 nitrogen and oxygen atoms in total. The van der Waals surface area contributed by atoms with Crippen molar-refractivity contribution in [2.24, 2.45) is 0 Å². The fourth-order valence-corrected chi connectivity index (χ4v) is 4.48. The van der Waals surface area contributed by atoms with Gasteiger partial charge < -0.3 is 9.47 Å². The topological polar surface area (TPSA) is 72.9 Å². The predicted molar refractivity (Wildman–Crippen MR) is 111 cm³/mol. The van der Waals surface area contributed by atoms with Gasteiger partial charge in [-0.25, -0.2) is 8.42 Å². The van der Waals surface area contributed by atoms with Crippen LogP contribution in [-0.2, 0) is 26.1 Å². The van der Waals surface area contributed by atoms with Crippen LogP contribution in [0.15, 0.2) is 59.5 Å². The van der Waals surface area contributed by atoms with Crippen LogP contribution in [0.5, 0.6) is 5.75 Å². The van der Waals surface area contributed by atoms with Crippen molar-refractivity contribution in [1.29, 1.82) is 0 Å². The monoisotopic (exact) mass is 421 g/mol. The first kappa shape index (κ1) is 22.0. The van der Waals surface area contributed by atoms with E-state index in [1.807, 2.05) is 30.3 Å². The van der Waals surface area contributed by atoms with E-state index in [1.54, 1.807) is 12.1 Å². The Balaban J connectivity index is 2.50. The van der Waals surface area contributed by atoms with Crippen molar-refractivity contribution < 1.29 is 22.7 Å². The highest BCUT2D eigenvalue weighted by Crippen LogP contribution is 2.25. The Morgan fingerprint density at radius 3 is 2.29 bits per heavy atom. The highest BCUT2D eigenvalue weighted by Gasteiger charge is 2.36. The van der Waals surface area contributed by atoms with E-state index in [4.69, 9.17) is 21.7 Å². The van der Waals surface area contributed by atoms with E-state index in [0.29, 0.717) is 12.2 Å². The molecule has 0 amide bonds. The summed E-state index contributed by atoms with van der Waals surface area (Å²) in [4.78, 5) is 12.5. The lowest BCUT2D eigenvalue weighted by atomic mass is 10.1. The van der Waals surface area contributed by atoms with Crippen LogP contribution in [0.4, 0.5) is 0 Å². The number of thiocarbonyl (C=S) groups is 1. The Bertz CT molecular complexity index is 883. The smallest absolute Gasteiger partial charge is 0.324 e. The zero-order valence-electron chi connectivity index (χ0n) is 15.8. The number of hydrogen-bond donors (Lipinski definition) is 0. The molecule has 0 aromatic heterocycles. The van der Waals surface area contributed by atoms with Crippen molar-refractivity contribution in [3.05, 3.63) is 60.2 Å². The molecule has 2 rings (SSSR count). The Kier molecular flexibility index (Phi) is 8.10. The molecule has 0 aliphatic heterocycles. The number of rotatable bonds is 10. The van der Waals surface area contributed by atoms with Crippen LogP contribution in [0.25, 0.3) is 0 Å². The van der Waals surface area contributed by atoms with Gasteiger partial charge in [-0.15, -0.1) is 0 Å². The van der Waals surface area contributed by atoms with Crippen molar-refractivity contribution in [2.45, 2.75) is 30.3 Å². The number of sulfonamides is 1. The van der Waals surface area contributed by atoms with Gasteiger partial charge in [-0.1, -0.05) is 42.5 Å². The minimum atomic E-state index is -3.98. The molecular formula is C20H23NO5S2. The molecule has 0 fully saturated rings. The van der Waals surface area contributed by atoms with Crippen molar-refractivity contribution in [3.8, 4) is 5.75 Å². The van der Waals surface area contributed by atoms with E-state index < -0.39 is 22.0 Å². The first-order valence-electron chi connectivity index (χ1n) is 8.65. The maximum atomic E-state index is 13.4. The van der Waals surface area contributed by atoms with Gasteiger partial charge in [-0.2, -0.15) is 4.31 Å². The van der Waals surface area contributed by atoms with Gasteiger partial charge in [0.15, 0.2) is 0 Å². The molecule has 8 heteroatoms. The first-order valence-corrected chi connectivity index (χ1v) is 10.6. The van der Waals surface area contributed by atoms with Crippen molar-refractivity contribution in [1.82, 2.24) is 4.31 Å². The summed E-state index contributed by atoms with van der Waals surface area (Å²) in [6.07, 6.45) is 0.636. The lowest BCUT2D eigenvalue weighted by Crippen LogP contribution is -2.45. The zero-order valence-corrected chi connectivity index (χ0v) is 17.4. The van der Waals surface area contributed by atoms with E-state index in [1.165, 1.54) is 36.0 Å². The predicted octanol–water partition coefficient (Wildman–Crippen LogP) is 3.21. The molecule has 2 aromatic rings. The molecule has 150 valence electrons. The highest BCUT2D eigenvalue weighted by atomic mass is 32.2. The Labute approximate surface area is 171 Å². The van der Waals surface area contributed by atoms with Crippen LogP contribution >= 0.6 is 12.2 Å². The summed E-state index contributed by atoms with van der Waals surface area (Å²) in [7, 11) is -1.23. The normalized spacial score (nSPS) is 12.4. The van der Waals surface area contributed by atoms with Crippen LogP contribution in [0.1, 0.15) is 18.4 Å². The minimum absolute atomic E-state index is 0.0341. The molecule has 1 atom stereocenters. The summed E-state index contributed by atoms with van der Waals surface area (Å²) in [6.45, 7) is 0.0341. The second-order valence-electron chi connectivity index (χ2n) is 5.99. The van der Waals surface area contributed by atoms with Crippen LogP contribution in [0.3, 0.4) is 0 Å². The van der Waals surface area contributed by atoms with E-state index in [9.17, 15) is 13.2 Å². The van der Waals surface area contributed by atoms with Gasteiger partial charge in [0.25, 0.3) is 0 Å². The summed E-state index contributed by atoms with van der Waals surface area (Å²) in [6, 6.07) is 14.2. The van der Waals surface area contributed by atoms with E-state index in [2.05, 4.69) is 0 Å². The van der Waals surface area contributed by atoms with Crippen molar-refractivity contribution in [3.63, 3.8) is 0 Å².